The Bertz CT molecular complexity index is 234. The lowest BCUT2D eigenvalue weighted by atomic mass is 9.82. The smallest absolute Gasteiger partial charge is 0.0862 e. The molecular formula is C10H16N2. The summed E-state index contributed by atoms with van der Waals surface area (Å²) in [7, 11) is 1.76. The van der Waals surface area contributed by atoms with E-state index in [4.69, 9.17) is 0 Å². The summed E-state index contributed by atoms with van der Waals surface area (Å²) < 4.78 is 0. The first-order chi connectivity index (χ1) is 5.67. The molecule has 12 heavy (non-hydrogen) atoms. The highest BCUT2D eigenvalue weighted by Crippen LogP contribution is 2.31. The molecule has 1 aliphatic carbocycles. The first-order valence-electron chi connectivity index (χ1n) is 4.21. The summed E-state index contributed by atoms with van der Waals surface area (Å²) in [5.41, 5.74) is 1.45. The minimum atomic E-state index is 0.218. The Morgan fingerprint density at radius 3 is 2.92 bits per heavy atom. The Morgan fingerprint density at radius 1 is 1.58 bits per heavy atom. The van der Waals surface area contributed by atoms with Gasteiger partial charge in [-0.3, -0.25) is 4.99 Å². The summed E-state index contributed by atoms with van der Waals surface area (Å²) in [5, 5.41) is 3.18. The summed E-state index contributed by atoms with van der Waals surface area (Å²) >= 11 is 0. The maximum Gasteiger partial charge on any atom is 0.0862 e. The zero-order valence-electron chi connectivity index (χ0n) is 7.96. The van der Waals surface area contributed by atoms with Crippen molar-refractivity contribution in [1.29, 1.82) is 0 Å². The van der Waals surface area contributed by atoms with Crippen molar-refractivity contribution < 1.29 is 0 Å². The molecule has 0 saturated heterocycles. The fourth-order valence-electron chi connectivity index (χ4n) is 1.24. The summed E-state index contributed by atoms with van der Waals surface area (Å²) in [6.07, 6.45) is 9.19. The van der Waals surface area contributed by atoms with Gasteiger partial charge in [0.2, 0.25) is 0 Å². The molecule has 66 valence electrons. The second-order valence-electron chi connectivity index (χ2n) is 3.63. The summed E-state index contributed by atoms with van der Waals surface area (Å²) in [4.78, 5) is 3.89. The highest BCUT2D eigenvalue weighted by Gasteiger charge is 2.22. The van der Waals surface area contributed by atoms with Crippen molar-refractivity contribution in [3.05, 3.63) is 23.9 Å². The van der Waals surface area contributed by atoms with Gasteiger partial charge in [0.1, 0.15) is 0 Å². The van der Waals surface area contributed by atoms with Gasteiger partial charge in [-0.1, -0.05) is 26.0 Å². The van der Waals surface area contributed by atoms with Crippen molar-refractivity contribution in [2.45, 2.75) is 20.3 Å². The average Bonchev–Trinajstić information content (AvgIpc) is 2.02. The average molecular weight is 164 g/mol. The minimum absolute atomic E-state index is 0.218. The maximum absolute atomic E-state index is 3.89. The third-order valence-electron chi connectivity index (χ3n) is 2.11. The fraction of sp³-hybridized carbons (Fsp3) is 0.500. The highest BCUT2D eigenvalue weighted by molar-refractivity contribution is 5.58. The van der Waals surface area contributed by atoms with E-state index in [1.165, 1.54) is 5.70 Å². The van der Waals surface area contributed by atoms with Gasteiger partial charge in [-0.15, -0.1) is 0 Å². The predicted octanol–water partition coefficient (Wildman–Crippen LogP) is 2.10. The van der Waals surface area contributed by atoms with Crippen molar-refractivity contribution in [2.24, 2.45) is 10.4 Å². The van der Waals surface area contributed by atoms with Gasteiger partial charge in [0.25, 0.3) is 0 Å². The van der Waals surface area contributed by atoms with Gasteiger partial charge >= 0.3 is 0 Å². The van der Waals surface area contributed by atoms with E-state index in [0.29, 0.717) is 0 Å². The summed E-state index contributed by atoms with van der Waals surface area (Å²) in [6.45, 7) is 4.44. The van der Waals surface area contributed by atoms with Crippen molar-refractivity contribution >= 4 is 6.34 Å². The molecule has 0 saturated carbocycles. The molecule has 0 aromatic rings. The monoisotopic (exact) mass is 164 g/mol. The molecule has 0 bridgehead atoms. The molecule has 0 unspecified atom stereocenters. The molecular weight excluding hydrogens is 148 g/mol. The molecule has 0 amide bonds. The van der Waals surface area contributed by atoms with Crippen LogP contribution in [0.25, 0.3) is 0 Å². The molecule has 0 radical (unpaired) electrons. The van der Waals surface area contributed by atoms with Gasteiger partial charge in [0, 0.05) is 18.2 Å². The van der Waals surface area contributed by atoms with E-state index in [9.17, 15) is 0 Å². The van der Waals surface area contributed by atoms with E-state index in [1.54, 1.807) is 13.4 Å². The van der Waals surface area contributed by atoms with Crippen molar-refractivity contribution in [1.82, 2.24) is 5.32 Å². The molecule has 0 aromatic heterocycles. The molecule has 1 N–H and O–H groups in total. The molecule has 2 heteroatoms. The molecule has 0 aliphatic heterocycles. The Kier molecular flexibility index (Phi) is 2.69. The number of hydrogen-bond donors (Lipinski definition) is 1. The standard InChI is InChI=1S/C10H16N2/c1-10(2)7-5-4-6-9(10)12-8-11-3/h4-6,8H,7H2,1-3H3,(H,11,12). The zero-order chi connectivity index (χ0) is 9.03. The topological polar surface area (TPSA) is 24.4 Å². The number of allylic oxidation sites excluding steroid dienone is 4. The third-order valence-corrected chi connectivity index (χ3v) is 2.11. The second-order valence-corrected chi connectivity index (χ2v) is 3.63. The van der Waals surface area contributed by atoms with Crippen LogP contribution in [-0.2, 0) is 0 Å². The van der Waals surface area contributed by atoms with Crippen LogP contribution in [0.2, 0.25) is 0 Å². The lowest BCUT2D eigenvalue weighted by Crippen LogP contribution is -2.26. The van der Waals surface area contributed by atoms with Crippen LogP contribution in [-0.4, -0.2) is 13.4 Å². The van der Waals surface area contributed by atoms with E-state index in [0.717, 1.165) is 6.42 Å². The van der Waals surface area contributed by atoms with Crippen LogP contribution in [0.15, 0.2) is 28.9 Å². The molecule has 0 spiro atoms. The first kappa shape index (κ1) is 9.04. The third kappa shape index (κ3) is 1.97. The van der Waals surface area contributed by atoms with E-state index in [-0.39, 0.29) is 5.41 Å². The maximum atomic E-state index is 3.89. The quantitative estimate of drug-likeness (QED) is 0.490. The van der Waals surface area contributed by atoms with E-state index < -0.39 is 0 Å². The van der Waals surface area contributed by atoms with Crippen LogP contribution in [0.5, 0.6) is 0 Å². The normalized spacial score (nSPS) is 21.1. The van der Waals surface area contributed by atoms with Gasteiger partial charge in [0.05, 0.1) is 6.34 Å². The predicted molar refractivity (Wildman–Crippen MR) is 53.2 cm³/mol. The molecule has 0 aromatic carbocycles. The Morgan fingerprint density at radius 2 is 2.33 bits per heavy atom. The lowest BCUT2D eigenvalue weighted by molar-refractivity contribution is 0.432. The van der Waals surface area contributed by atoms with Crippen molar-refractivity contribution in [3.8, 4) is 0 Å². The van der Waals surface area contributed by atoms with Crippen LogP contribution >= 0.6 is 0 Å². The minimum Gasteiger partial charge on any atom is -0.350 e. The Balaban J connectivity index is 2.71. The zero-order valence-corrected chi connectivity index (χ0v) is 7.96. The molecule has 1 aliphatic rings. The molecule has 0 fully saturated rings. The number of nitrogens with one attached hydrogen (secondary N) is 1. The van der Waals surface area contributed by atoms with Gasteiger partial charge < -0.3 is 5.32 Å². The van der Waals surface area contributed by atoms with Crippen molar-refractivity contribution in [3.63, 3.8) is 0 Å². The number of rotatable bonds is 2. The number of hydrogen-bond acceptors (Lipinski definition) is 1. The van der Waals surface area contributed by atoms with Crippen molar-refractivity contribution in [2.75, 3.05) is 7.05 Å². The number of aliphatic imine (C=N–C) groups is 1. The largest absolute Gasteiger partial charge is 0.350 e. The summed E-state index contributed by atoms with van der Waals surface area (Å²) in [5.74, 6) is 0. The SMILES string of the molecule is CN=CNC1=CC=CCC1(C)C. The van der Waals surface area contributed by atoms with Crippen LogP contribution in [0, 0.1) is 5.41 Å². The second kappa shape index (κ2) is 3.57. The molecule has 0 atom stereocenters. The van der Waals surface area contributed by atoms with E-state index in [1.807, 2.05) is 0 Å². The van der Waals surface area contributed by atoms with Crippen LogP contribution < -0.4 is 5.32 Å². The Hall–Kier alpha value is -1.05. The Labute approximate surface area is 74.1 Å². The van der Waals surface area contributed by atoms with Crippen LogP contribution in [0.1, 0.15) is 20.3 Å². The fourth-order valence-corrected chi connectivity index (χ4v) is 1.24. The van der Waals surface area contributed by atoms with Gasteiger partial charge in [-0.25, -0.2) is 0 Å². The molecule has 1 rings (SSSR count). The van der Waals surface area contributed by atoms with Crippen LogP contribution in [0.4, 0.5) is 0 Å². The van der Waals surface area contributed by atoms with E-state index >= 15 is 0 Å². The lowest BCUT2D eigenvalue weighted by Gasteiger charge is -2.28. The molecule has 0 heterocycles. The molecule has 2 nitrogen and oxygen atoms in total. The number of nitrogens with zero attached hydrogens (tertiary/aromatic N) is 1. The first-order valence-corrected chi connectivity index (χ1v) is 4.21. The summed E-state index contributed by atoms with van der Waals surface area (Å²) in [6, 6.07) is 0. The van der Waals surface area contributed by atoms with Gasteiger partial charge in [-0.05, 0) is 12.5 Å². The van der Waals surface area contributed by atoms with E-state index in [2.05, 4.69) is 42.4 Å². The van der Waals surface area contributed by atoms with Gasteiger partial charge in [0.15, 0.2) is 0 Å². The van der Waals surface area contributed by atoms with Gasteiger partial charge in [-0.2, -0.15) is 0 Å². The highest BCUT2D eigenvalue weighted by atomic mass is 14.9. The van der Waals surface area contributed by atoms with Crippen LogP contribution in [0.3, 0.4) is 0 Å².